The number of hydrogen-bond donors (Lipinski definition) is 0. The summed E-state index contributed by atoms with van der Waals surface area (Å²) < 4.78 is 1.88. The first-order valence-electron chi connectivity index (χ1n) is 9.45. The summed E-state index contributed by atoms with van der Waals surface area (Å²) in [6, 6.07) is 24.7. The molecule has 0 amide bonds. The predicted octanol–water partition coefficient (Wildman–Crippen LogP) is 3.27. The van der Waals surface area contributed by atoms with Crippen molar-refractivity contribution in [2.45, 2.75) is 19.0 Å². The first kappa shape index (κ1) is 16.6. The van der Waals surface area contributed by atoms with Crippen LogP contribution >= 0.6 is 0 Å². The van der Waals surface area contributed by atoms with E-state index in [2.05, 4.69) is 61.8 Å². The Hall–Kier alpha value is -3.54. The Bertz CT molecular complexity index is 1060. The smallest absolute Gasteiger partial charge is 0.180 e. The van der Waals surface area contributed by atoms with E-state index in [1.165, 1.54) is 11.3 Å². The average Bonchev–Trinajstić information content (AvgIpc) is 3.38. The summed E-state index contributed by atoms with van der Waals surface area (Å²) in [4.78, 5) is 7.02. The van der Waals surface area contributed by atoms with Crippen molar-refractivity contribution in [3.63, 3.8) is 0 Å². The number of benzene rings is 2. The minimum absolute atomic E-state index is 0.136. The fraction of sp³-hybridized carbons (Fsp3) is 0.182. The van der Waals surface area contributed by atoms with Crippen LogP contribution in [0.1, 0.15) is 28.7 Å². The molecule has 1 aliphatic heterocycles. The molecule has 1 atom stereocenters. The Morgan fingerprint density at radius 1 is 0.893 bits per heavy atom. The van der Waals surface area contributed by atoms with Gasteiger partial charge in [-0.15, -0.1) is 5.10 Å². The Morgan fingerprint density at radius 2 is 1.71 bits per heavy atom. The zero-order chi connectivity index (χ0) is 18.8. The van der Waals surface area contributed by atoms with Crippen LogP contribution in [0.25, 0.3) is 0 Å². The lowest BCUT2D eigenvalue weighted by atomic mass is 10.1. The fourth-order valence-corrected chi connectivity index (χ4v) is 3.88. The molecular formula is C22H20N6. The monoisotopic (exact) mass is 368 g/mol. The van der Waals surface area contributed by atoms with Gasteiger partial charge in [-0.1, -0.05) is 54.6 Å². The molecular weight excluding hydrogens is 348 g/mol. The van der Waals surface area contributed by atoms with Gasteiger partial charge in [0.05, 0.1) is 12.2 Å². The van der Waals surface area contributed by atoms with Crippen molar-refractivity contribution in [1.82, 2.24) is 25.2 Å². The molecule has 138 valence electrons. The van der Waals surface area contributed by atoms with Crippen LogP contribution in [0.2, 0.25) is 0 Å². The first-order chi connectivity index (χ1) is 13.9. The van der Waals surface area contributed by atoms with Gasteiger partial charge >= 0.3 is 0 Å². The quantitative estimate of drug-likeness (QED) is 0.541. The van der Waals surface area contributed by atoms with E-state index in [9.17, 15) is 0 Å². The standard InChI is InChI=1S/C22H20N6/c1-2-8-17(9-3-1)16-28-22(24-25-26-28)21(19-11-6-7-14-23-19)27-15-13-18-10-4-5-12-20(18)27/h1-12,14,21H,13,15-16H2/t21-/m0/s1. The second kappa shape index (κ2) is 7.23. The Kier molecular flexibility index (Phi) is 4.29. The summed E-state index contributed by atoms with van der Waals surface area (Å²) in [6.45, 7) is 1.54. The van der Waals surface area contributed by atoms with Crippen LogP contribution in [0.15, 0.2) is 79.0 Å². The van der Waals surface area contributed by atoms with Crippen LogP contribution in [0.5, 0.6) is 0 Å². The molecule has 3 heterocycles. The summed E-state index contributed by atoms with van der Waals surface area (Å²) in [5.74, 6) is 0.805. The lowest BCUT2D eigenvalue weighted by Gasteiger charge is -2.29. The summed E-state index contributed by atoms with van der Waals surface area (Å²) in [6.07, 6.45) is 2.84. The van der Waals surface area contributed by atoms with Gasteiger partial charge in [-0.25, -0.2) is 4.68 Å². The maximum Gasteiger partial charge on any atom is 0.180 e. The van der Waals surface area contributed by atoms with Crippen LogP contribution in [0, 0.1) is 0 Å². The molecule has 4 aromatic rings. The highest BCUT2D eigenvalue weighted by molar-refractivity contribution is 5.60. The molecule has 0 aliphatic carbocycles. The largest absolute Gasteiger partial charge is 0.355 e. The first-order valence-corrected chi connectivity index (χ1v) is 9.45. The van der Waals surface area contributed by atoms with Crippen molar-refractivity contribution in [2.24, 2.45) is 0 Å². The van der Waals surface area contributed by atoms with Crippen LogP contribution in [0.4, 0.5) is 5.69 Å². The normalized spacial score (nSPS) is 14.1. The lowest BCUT2D eigenvalue weighted by Crippen LogP contribution is -2.31. The number of anilines is 1. The molecule has 2 aromatic carbocycles. The highest BCUT2D eigenvalue weighted by Crippen LogP contribution is 2.37. The number of fused-ring (bicyclic) bond motifs is 1. The summed E-state index contributed by atoms with van der Waals surface area (Å²) >= 11 is 0. The van der Waals surface area contributed by atoms with Gasteiger partial charge in [0.25, 0.3) is 0 Å². The number of rotatable bonds is 5. The van der Waals surface area contributed by atoms with E-state index in [-0.39, 0.29) is 6.04 Å². The van der Waals surface area contributed by atoms with Crippen molar-refractivity contribution < 1.29 is 0 Å². The molecule has 5 rings (SSSR count). The number of aromatic nitrogens is 5. The van der Waals surface area contributed by atoms with Gasteiger partial charge in [-0.3, -0.25) is 4.98 Å². The molecule has 0 spiro atoms. The third-order valence-electron chi connectivity index (χ3n) is 5.18. The van der Waals surface area contributed by atoms with Gasteiger partial charge in [-0.05, 0) is 46.2 Å². The Labute approximate surface area is 163 Å². The van der Waals surface area contributed by atoms with Crippen molar-refractivity contribution in [1.29, 1.82) is 0 Å². The highest BCUT2D eigenvalue weighted by atomic mass is 15.6. The molecule has 28 heavy (non-hydrogen) atoms. The Balaban J connectivity index is 1.59. The molecule has 0 bridgehead atoms. The minimum Gasteiger partial charge on any atom is -0.355 e. The lowest BCUT2D eigenvalue weighted by molar-refractivity contribution is 0.573. The maximum absolute atomic E-state index is 4.65. The van der Waals surface area contributed by atoms with Gasteiger partial charge in [0.2, 0.25) is 0 Å². The Morgan fingerprint density at radius 3 is 2.57 bits per heavy atom. The van der Waals surface area contributed by atoms with Crippen LogP contribution in [-0.4, -0.2) is 31.7 Å². The topological polar surface area (TPSA) is 59.7 Å². The van der Waals surface area contributed by atoms with E-state index in [1.54, 1.807) is 0 Å². The van der Waals surface area contributed by atoms with E-state index >= 15 is 0 Å². The zero-order valence-corrected chi connectivity index (χ0v) is 15.4. The van der Waals surface area contributed by atoms with Gasteiger partial charge in [0.15, 0.2) is 5.82 Å². The van der Waals surface area contributed by atoms with Crippen LogP contribution in [-0.2, 0) is 13.0 Å². The molecule has 0 saturated heterocycles. The molecule has 6 nitrogen and oxygen atoms in total. The van der Waals surface area contributed by atoms with Crippen LogP contribution < -0.4 is 4.90 Å². The van der Waals surface area contributed by atoms with Gasteiger partial charge in [-0.2, -0.15) is 0 Å². The van der Waals surface area contributed by atoms with Crippen molar-refractivity contribution in [2.75, 3.05) is 11.4 Å². The third-order valence-corrected chi connectivity index (χ3v) is 5.18. The third kappa shape index (κ3) is 3.03. The van der Waals surface area contributed by atoms with Crippen molar-refractivity contribution in [3.8, 4) is 0 Å². The molecule has 6 heteroatoms. The molecule has 0 radical (unpaired) electrons. The molecule has 0 saturated carbocycles. The van der Waals surface area contributed by atoms with Crippen LogP contribution in [0.3, 0.4) is 0 Å². The fourth-order valence-electron chi connectivity index (χ4n) is 3.88. The van der Waals surface area contributed by atoms with E-state index in [0.29, 0.717) is 6.54 Å². The number of tetrazole rings is 1. The molecule has 0 N–H and O–H groups in total. The average molecular weight is 368 g/mol. The maximum atomic E-state index is 4.65. The second-order valence-electron chi connectivity index (χ2n) is 6.91. The molecule has 2 aromatic heterocycles. The van der Waals surface area contributed by atoms with E-state index in [1.807, 2.05) is 47.3 Å². The zero-order valence-electron chi connectivity index (χ0n) is 15.4. The van der Waals surface area contributed by atoms with Crippen molar-refractivity contribution in [3.05, 3.63) is 102 Å². The summed E-state index contributed by atoms with van der Waals surface area (Å²) in [5.41, 5.74) is 4.69. The molecule has 1 aliphatic rings. The second-order valence-corrected chi connectivity index (χ2v) is 6.91. The molecule has 0 fully saturated rings. The molecule has 0 unspecified atom stereocenters. The highest BCUT2D eigenvalue weighted by Gasteiger charge is 2.33. The summed E-state index contributed by atoms with van der Waals surface area (Å²) in [7, 11) is 0. The van der Waals surface area contributed by atoms with Gasteiger partial charge < -0.3 is 4.90 Å². The number of para-hydroxylation sites is 1. The van der Waals surface area contributed by atoms with Crippen molar-refractivity contribution >= 4 is 5.69 Å². The van der Waals surface area contributed by atoms with E-state index < -0.39 is 0 Å². The summed E-state index contributed by atoms with van der Waals surface area (Å²) in [5, 5.41) is 12.7. The number of pyridine rings is 1. The van der Waals surface area contributed by atoms with E-state index in [0.717, 1.165) is 30.0 Å². The minimum atomic E-state index is -0.136. The number of hydrogen-bond acceptors (Lipinski definition) is 5. The number of nitrogens with zero attached hydrogens (tertiary/aromatic N) is 6. The van der Waals surface area contributed by atoms with E-state index in [4.69, 9.17) is 0 Å². The van der Waals surface area contributed by atoms with Gasteiger partial charge in [0.1, 0.15) is 6.04 Å². The van der Waals surface area contributed by atoms with Gasteiger partial charge in [0, 0.05) is 18.4 Å². The SMILES string of the molecule is c1ccc(Cn2nnnc2[C@H](c2ccccn2)N2CCc3ccccc32)cc1. The predicted molar refractivity (Wildman–Crippen MR) is 107 cm³/mol.